The first-order valence-electron chi connectivity index (χ1n) is 13.3. The summed E-state index contributed by atoms with van der Waals surface area (Å²) in [7, 11) is 4.41. The predicted octanol–water partition coefficient (Wildman–Crippen LogP) is 3.57. The molecule has 0 aromatic rings. The normalized spacial score (nSPS) is 23.7. The van der Waals surface area contributed by atoms with Crippen molar-refractivity contribution in [2.24, 2.45) is 0 Å². The zero-order valence-corrected chi connectivity index (χ0v) is 24.3. The number of rotatable bonds is 0. The third-order valence-electron chi connectivity index (χ3n) is 7.08. The first-order chi connectivity index (χ1) is 15.1. The predicted molar refractivity (Wildman–Crippen MR) is 144 cm³/mol. The third-order valence-corrected chi connectivity index (χ3v) is 7.08. The van der Waals surface area contributed by atoms with Gasteiger partial charge in [-0.2, -0.15) is 0 Å². The van der Waals surface area contributed by atoms with Crippen LogP contribution in [0.4, 0.5) is 0 Å². The van der Waals surface area contributed by atoms with Gasteiger partial charge in [0, 0.05) is 69.0 Å². The number of ether oxygens (including phenoxy) is 1. The van der Waals surface area contributed by atoms with Crippen LogP contribution in [-0.2, 0) is 4.74 Å². The highest BCUT2D eigenvalue weighted by Gasteiger charge is 2.25. The lowest BCUT2D eigenvalue weighted by molar-refractivity contribution is -0.00389. The molecule has 198 valence electrons. The Morgan fingerprint density at radius 3 is 1.12 bits per heavy atom. The van der Waals surface area contributed by atoms with Crippen LogP contribution in [0, 0.1) is 0 Å². The molecule has 6 heteroatoms. The first-order valence-corrected chi connectivity index (χ1v) is 13.3. The van der Waals surface area contributed by atoms with Gasteiger partial charge in [0.1, 0.15) is 0 Å². The molecule has 3 aliphatic heterocycles. The van der Waals surface area contributed by atoms with Crippen molar-refractivity contribution >= 4 is 0 Å². The molecule has 0 radical (unpaired) electrons. The SMILES string of the molecule is CC(C)(C)N1CCOCC1.CN1CCCN(C(C)(C)C)CC1.CN1CCN(C(C)(C)C)CC1. The van der Waals surface area contributed by atoms with Crippen molar-refractivity contribution in [3.8, 4) is 0 Å². The van der Waals surface area contributed by atoms with Crippen LogP contribution >= 0.6 is 0 Å². The smallest absolute Gasteiger partial charge is 0.0594 e. The minimum atomic E-state index is 0.323. The standard InChI is InChI=1S/C10H22N2.C9H20N2.C8H17NO/c1-10(2,3)12-7-5-6-11(4)8-9-12;1-9(2,3)11-7-5-10(4)6-8-11;1-8(2,3)9-4-6-10-7-5-9/h5-9H2,1-4H3;5-8H2,1-4H3;4-7H2,1-3H3. The fourth-order valence-electron chi connectivity index (χ4n) is 4.43. The van der Waals surface area contributed by atoms with Crippen LogP contribution in [0.3, 0.4) is 0 Å². The van der Waals surface area contributed by atoms with E-state index < -0.39 is 0 Å². The number of morpholine rings is 1. The van der Waals surface area contributed by atoms with Crippen molar-refractivity contribution < 1.29 is 4.74 Å². The Morgan fingerprint density at radius 2 is 0.758 bits per heavy atom. The second kappa shape index (κ2) is 13.7. The maximum absolute atomic E-state index is 5.25. The van der Waals surface area contributed by atoms with Crippen LogP contribution < -0.4 is 0 Å². The van der Waals surface area contributed by atoms with E-state index in [1.54, 1.807) is 0 Å². The maximum Gasteiger partial charge on any atom is 0.0594 e. The van der Waals surface area contributed by atoms with Gasteiger partial charge in [-0.05, 0) is 95.9 Å². The Kier molecular flexibility index (Phi) is 12.8. The number of nitrogens with zero attached hydrogens (tertiary/aromatic N) is 5. The lowest BCUT2D eigenvalue weighted by Crippen LogP contribution is -2.52. The van der Waals surface area contributed by atoms with Gasteiger partial charge in [-0.1, -0.05) is 0 Å². The molecule has 0 atom stereocenters. The summed E-state index contributed by atoms with van der Waals surface area (Å²) in [6, 6.07) is 0. The summed E-state index contributed by atoms with van der Waals surface area (Å²) >= 11 is 0. The number of hydrogen-bond acceptors (Lipinski definition) is 6. The molecule has 6 nitrogen and oxygen atoms in total. The van der Waals surface area contributed by atoms with Crippen molar-refractivity contribution in [2.45, 2.75) is 85.4 Å². The maximum atomic E-state index is 5.25. The van der Waals surface area contributed by atoms with Crippen LogP contribution in [-0.4, -0.2) is 134 Å². The largest absolute Gasteiger partial charge is 0.379 e. The molecule has 3 heterocycles. The lowest BCUT2D eigenvalue weighted by atomic mass is 10.1. The zero-order valence-electron chi connectivity index (χ0n) is 24.3. The molecule has 0 aromatic heterocycles. The fourth-order valence-corrected chi connectivity index (χ4v) is 4.43. The summed E-state index contributed by atoms with van der Waals surface area (Å²) < 4.78 is 5.25. The molecule has 0 saturated carbocycles. The van der Waals surface area contributed by atoms with Gasteiger partial charge in [0.2, 0.25) is 0 Å². The highest BCUT2D eigenvalue weighted by molar-refractivity contribution is 4.81. The molecule has 0 aromatic carbocycles. The van der Waals surface area contributed by atoms with Crippen LogP contribution in [0.1, 0.15) is 68.7 Å². The topological polar surface area (TPSA) is 25.4 Å². The van der Waals surface area contributed by atoms with Crippen molar-refractivity contribution in [1.82, 2.24) is 24.5 Å². The molecule has 0 bridgehead atoms. The quantitative estimate of drug-likeness (QED) is 0.538. The van der Waals surface area contributed by atoms with Crippen molar-refractivity contribution in [3.63, 3.8) is 0 Å². The molecule has 0 unspecified atom stereocenters. The minimum Gasteiger partial charge on any atom is -0.379 e. The molecule has 3 rings (SSSR count). The molecule has 3 saturated heterocycles. The van der Waals surface area contributed by atoms with Crippen molar-refractivity contribution in [2.75, 3.05) is 92.8 Å². The fraction of sp³-hybridized carbons (Fsp3) is 1.00. The first kappa shape index (κ1) is 30.8. The molecule has 33 heavy (non-hydrogen) atoms. The van der Waals surface area contributed by atoms with E-state index in [1.165, 1.54) is 58.8 Å². The third kappa shape index (κ3) is 12.9. The summed E-state index contributed by atoms with van der Waals surface area (Å²) in [6.45, 7) is 34.3. The summed E-state index contributed by atoms with van der Waals surface area (Å²) in [5, 5.41) is 0. The van der Waals surface area contributed by atoms with Crippen LogP contribution in [0.25, 0.3) is 0 Å². The molecule has 0 aliphatic carbocycles. The van der Waals surface area contributed by atoms with Crippen molar-refractivity contribution in [3.05, 3.63) is 0 Å². The molecular weight excluding hydrogens is 410 g/mol. The lowest BCUT2D eigenvalue weighted by Gasteiger charge is -2.41. The van der Waals surface area contributed by atoms with E-state index >= 15 is 0 Å². The molecule has 0 N–H and O–H groups in total. The van der Waals surface area contributed by atoms with Gasteiger partial charge in [-0.15, -0.1) is 0 Å². The highest BCUT2D eigenvalue weighted by Crippen LogP contribution is 2.16. The van der Waals surface area contributed by atoms with Gasteiger partial charge < -0.3 is 14.5 Å². The highest BCUT2D eigenvalue weighted by atomic mass is 16.5. The van der Waals surface area contributed by atoms with Gasteiger partial charge in [0.15, 0.2) is 0 Å². The Hall–Kier alpha value is -0.240. The number of piperazine rings is 1. The average molecular weight is 470 g/mol. The second-order valence-electron chi connectivity index (χ2n) is 13.0. The van der Waals surface area contributed by atoms with Gasteiger partial charge in [-0.25, -0.2) is 0 Å². The molecular formula is C27H59N5O. The van der Waals surface area contributed by atoms with E-state index in [9.17, 15) is 0 Å². The summed E-state index contributed by atoms with van der Waals surface area (Å²) in [4.78, 5) is 12.4. The Morgan fingerprint density at radius 1 is 0.424 bits per heavy atom. The van der Waals surface area contributed by atoms with Crippen LogP contribution in [0.15, 0.2) is 0 Å². The summed E-state index contributed by atoms with van der Waals surface area (Å²) in [5.41, 5.74) is 1.04. The van der Waals surface area contributed by atoms with Crippen LogP contribution in [0.2, 0.25) is 0 Å². The average Bonchev–Trinajstić information content (AvgIpc) is 2.93. The molecule has 3 aliphatic rings. The van der Waals surface area contributed by atoms with Crippen LogP contribution in [0.5, 0.6) is 0 Å². The molecule has 0 spiro atoms. The summed E-state index contributed by atoms with van der Waals surface area (Å²) in [6.07, 6.45) is 1.31. The van der Waals surface area contributed by atoms with E-state index in [0.717, 1.165) is 26.3 Å². The molecule has 0 amide bonds. The van der Waals surface area contributed by atoms with Gasteiger partial charge in [0.25, 0.3) is 0 Å². The van der Waals surface area contributed by atoms with E-state index in [1.807, 2.05) is 0 Å². The van der Waals surface area contributed by atoms with Gasteiger partial charge in [-0.3, -0.25) is 14.7 Å². The summed E-state index contributed by atoms with van der Waals surface area (Å²) in [5.74, 6) is 0. The zero-order chi connectivity index (χ0) is 25.3. The Labute approximate surface area is 207 Å². The van der Waals surface area contributed by atoms with E-state index in [2.05, 4.69) is 101 Å². The van der Waals surface area contributed by atoms with E-state index in [0.29, 0.717) is 16.6 Å². The molecule has 3 fully saturated rings. The van der Waals surface area contributed by atoms with Gasteiger partial charge >= 0.3 is 0 Å². The Balaban J connectivity index is 0.000000249. The second-order valence-corrected chi connectivity index (χ2v) is 13.0. The monoisotopic (exact) mass is 469 g/mol. The number of hydrogen-bond donors (Lipinski definition) is 0. The minimum absolute atomic E-state index is 0.323. The Bertz CT molecular complexity index is 506. The van der Waals surface area contributed by atoms with Crippen molar-refractivity contribution in [1.29, 1.82) is 0 Å². The van der Waals surface area contributed by atoms with Gasteiger partial charge in [0.05, 0.1) is 13.2 Å². The van der Waals surface area contributed by atoms with E-state index in [-0.39, 0.29) is 0 Å². The number of likely N-dealkylation sites (N-methyl/N-ethyl adjacent to an activating group) is 2. The van der Waals surface area contributed by atoms with E-state index in [4.69, 9.17) is 4.74 Å².